The van der Waals surface area contributed by atoms with Gasteiger partial charge in [-0.25, -0.2) is 4.79 Å². The zero-order chi connectivity index (χ0) is 22.4. The molecule has 0 saturated heterocycles. The Bertz CT molecular complexity index is 1050. The maximum absolute atomic E-state index is 12.1. The highest BCUT2D eigenvalue weighted by Gasteiger charge is 2.17. The van der Waals surface area contributed by atoms with Crippen molar-refractivity contribution < 1.29 is 19.1 Å². The van der Waals surface area contributed by atoms with Gasteiger partial charge in [0.05, 0.1) is 17.3 Å². The summed E-state index contributed by atoms with van der Waals surface area (Å²) in [4.78, 5) is 17.5. The van der Waals surface area contributed by atoms with Crippen molar-refractivity contribution in [1.82, 2.24) is 9.78 Å². The Hall–Kier alpha value is -3.61. The summed E-state index contributed by atoms with van der Waals surface area (Å²) in [5, 5.41) is 8.47. The number of carbonyl (C=O) groups is 1. The molecule has 162 valence electrons. The van der Waals surface area contributed by atoms with Gasteiger partial charge in [-0.05, 0) is 57.5 Å². The second-order valence-electron chi connectivity index (χ2n) is 8.05. The molecule has 0 N–H and O–H groups in total. The predicted molar refractivity (Wildman–Crippen MR) is 118 cm³/mol. The number of oxime groups is 1. The minimum absolute atomic E-state index is 0.263. The van der Waals surface area contributed by atoms with Gasteiger partial charge >= 0.3 is 5.97 Å². The zero-order valence-corrected chi connectivity index (χ0v) is 18.5. The number of hydrogen-bond donors (Lipinski definition) is 0. The molecular formula is C24H27N3O4. The number of esters is 1. The lowest BCUT2D eigenvalue weighted by atomic mass is 10.1. The van der Waals surface area contributed by atoms with Crippen LogP contribution in [-0.4, -0.2) is 27.6 Å². The van der Waals surface area contributed by atoms with Gasteiger partial charge in [-0.2, -0.15) is 0 Å². The minimum atomic E-state index is -0.527. The summed E-state index contributed by atoms with van der Waals surface area (Å²) in [6.07, 6.45) is 1.59. The fourth-order valence-corrected chi connectivity index (χ4v) is 2.69. The molecule has 7 nitrogen and oxygen atoms in total. The number of aromatic nitrogens is 2. The highest BCUT2D eigenvalue weighted by atomic mass is 16.6. The number of para-hydroxylation sites is 1. The number of aryl methyl sites for hydroxylation is 1. The minimum Gasteiger partial charge on any atom is -0.456 e. The molecule has 7 heteroatoms. The first-order valence-corrected chi connectivity index (χ1v) is 9.97. The molecule has 0 fully saturated rings. The van der Waals surface area contributed by atoms with Crippen LogP contribution in [0, 0.1) is 6.92 Å². The van der Waals surface area contributed by atoms with E-state index in [1.54, 1.807) is 23.0 Å². The Morgan fingerprint density at radius 3 is 2.42 bits per heavy atom. The first kappa shape index (κ1) is 22.1. The standard InChI is InChI=1S/C24H27N3O4/c1-17-21(22(26-27(17)5)30-20-9-7-6-8-10-20)15-25-29-16-18-11-13-19(14-12-18)23(28)31-24(2,3)4/h6-15H,16H2,1-5H3/b25-15+. The van der Waals surface area contributed by atoms with Gasteiger partial charge in [-0.3, -0.25) is 4.68 Å². The lowest BCUT2D eigenvalue weighted by Crippen LogP contribution is -2.23. The summed E-state index contributed by atoms with van der Waals surface area (Å²) in [6.45, 7) is 7.71. The van der Waals surface area contributed by atoms with Crippen LogP contribution in [0.4, 0.5) is 0 Å². The van der Waals surface area contributed by atoms with Gasteiger partial charge < -0.3 is 14.3 Å². The third kappa shape index (κ3) is 6.18. The van der Waals surface area contributed by atoms with Gasteiger partial charge in [0.2, 0.25) is 5.88 Å². The van der Waals surface area contributed by atoms with Crippen molar-refractivity contribution in [3.8, 4) is 11.6 Å². The average molecular weight is 421 g/mol. The maximum Gasteiger partial charge on any atom is 0.338 e. The van der Waals surface area contributed by atoms with E-state index < -0.39 is 5.60 Å². The predicted octanol–water partition coefficient (Wildman–Crippen LogP) is 5.03. The van der Waals surface area contributed by atoms with Crippen LogP contribution >= 0.6 is 0 Å². The molecular weight excluding hydrogens is 394 g/mol. The van der Waals surface area contributed by atoms with Crippen LogP contribution in [0.2, 0.25) is 0 Å². The van der Waals surface area contributed by atoms with Crippen molar-refractivity contribution in [3.63, 3.8) is 0 Å². The van der Waals surface area contributed by atoms with Crippen molar-refractivity contribution in [2.45, 2.75) is 39.9 Å². The van der Waals surface area contributed by atoms with Crippen LogP contribution in [0.15, 0.2) is 59.8 Å². The first-order valence-electron chi connectivity index (χ1n) is 9.97. The maximum atomic E-state index is 12.1. The van der Waals surface area contributed by atoms with Crippen molar-refractivity contribution in [3.05, 3.63) is 77.0 Å². The Balaban J connectivity index is 1.61. The summed E-state index contributed by atoms with van der Waals surface area (Å²) in [5.74, 6) is 0.803. The van der Waals surface area contributed by atoms with E-state index in [-0.39, 0.29) is 12.6 Å². The van der Waals surface area contributed by atoms with E-state index in [4.69, 9.17) is 14.3 Å². The number of hydrogen-bond acceptors (Lipinski definition) is 6. The van der Waals surface area contributed by atoms with E-state index in [9.17, 15) is 4.79 Å². The molecule has 0 atom stereocenters. The number of nitrogens with zero attached hydrogens (tertiary/aromatic N) is 3. The summed E-state index contributed by atoms with van der Waals surface area (Å²) in [6, 6.07) is 16.5. The number of carbonyl (C=O) groups excluding carboxylic acids is 1. The summed E-state index contributed by atoms with van der Waals surface area (Å²) in [7, 11) is 1.84. The lowest BCUT2D eigenvalue weighted by molar-refractivity contribution is 0.00694. The molecule has 2 aromatic carbocycles. The largest absolute Gasteiger partial charge is 0.456 e. The quantitative estimate of drug-likeness (QED) is 0.304. The van der Waals surface area contributed by atoms with Crippen LogP contribution in [-0.2, 0) is 23.2 Å². The SMILES string of the molecule is Cc1c(/C=N/OCc2ccc(C(=O)OC(C)(C)C)cc2)c(Oc2ccccc2)nn1C. The Morgan fingerprint density at radius 2 is 1.77 bits per heavy atom. The fraction of sp³-hybridized carbons (Fsp3) is 0.292. The van der Waals surface area contributed by atoms with Gasteiger partial charge in [-0.1, -0.05) is 35.5 Å². The van der Waals surface area contributed by atoms with Crippen molar-refractivity contribution >= 4 is 12.2 Å². The number of rotatable bonds is 7. The van der Waals surface area contributed by atoms with E-state index in [0.717, 1.165) is 16.8 Å². The average Bonchev–Trinajstić information content (AvgIpc) is 2.98. The van der Waals surface area contributed by atoms with E-state index in [0.29, 0.717) is 17.2 Å². The Morgan fingerprint density at radius 1 is 1.10 bits per heavy atom. The fourth-order valence-electron chi connectivity index (χ4n) is 2.69. The molecule has 0 aliphatic rings. The van der Waals surface area contributed by atoms with Gasteiger partial charge in [0.1, 0.15) is 18.0 Å². The van der Waals surface area contributed by atoms with Crippen LogP contribution in [0.5, 0.6) is 11.6 Å². The molecule has 3 rings (SSSR count). The molecule has 0 unspecified atom stereocenters. The van der Waals surface area contributed by atoms with Crippen LogP contribution in [0.1, 0.15) is 48.0 Å². The molecule has 0 radical (unpaired) electrons. The van der Waals surface area contributed by atoms with Gasteiger partial charge in [-0.15, -0.1) is 5.10 Å². The molecule has 0 saturated carbocycles. The van der Waals surface area contributed by atoms with Crippen molar-refractivity contribution in [2.75, 3.05) is 0 Å². The summed E-state index contributed by atoms with van der Waals surface area (Å²) in [5.41, 5.74) is 2.50. The van der Waals surface area contributed by atoms with Crippen molar-refractivity contribution in [1.29, 1.82) is 0 Å². The second kappa shape index (κ2) is 9.47. The normalized spacial score (nSPS) is 11.5. The van der Waals surface area contributed by atoms with Crippen LogP contribution in [0.3, 0.4) is 0 Å². The van der Waals surface area contributed by atoms with Crippen LogP contribution in [0.25, 0.3) is 0 Å². The van der Waals surface area contributed by atoms with E-state index in [1.165, 1.54) is 0 Å². The lowest BCUT2D eigenvalue weighted by Gasteiger charge is -2.19. The second-order valence-corrected chi connectivity index (χ2v) is 8.05. The van der Waals surface area contributed by atoms with E-state index in [2.05, 4.69) is 10.3 Å². The smallest absolute Gasteiger partial charge is 0.338 e. The van der Waals surface area contributed by atoms with E-state index in [1.807, 2.05) is 77.2 Å². The molecule has 0 bridgehead atoms. The zero-order valence-electron chi connectivity index (χ0n) is 18.5. The topological polar surface area (TPSA) is 74.9 Å². The van der Waals surface area contributed by atoms with Crippen LogP contribution < -0.4 is 4.74 Å². The Labute approximate surface area is 182 Å². The number of benzene rings is 2. The third-order valence-corrected chi connectivity index (χ3v) is 4.38. The van der Waals surface area contributed by atoms with E-state index >= 15 is 0 Å². The Kier molecular flexibility index (Phi) is 6.74. The van der Waals surface area contributed by atoms with Gasteiger partial charge in [0.25, 0.3) is 0 Å². The molecule has 1 heterocycles. The highest BCUT2D eigenvalue weighted by molar-refractivity contribution is 5.89. The molecule has 0 spiro atoms. The summed E-state index contributed by atoms with van der Waals surface area (Å²) >= 11 is 0. The summed E-state index contributed by atoms with van der Waals surface area (Å²) < 4.78 is 13.0. The van der Waals surface area contributed by atoms with Crippen molar-refractivity contribution in [2.24, 2.45) is 12.2 Å². The molecule has 31 heavy (non-hydrogen) atoms. The molecule has 0 aliphatic heterocycles. The molecule has 3 aromatic rings. The molecule has 0 amide bonds. The highest BCUT2D eigenvalue weighted by Crippen LogP contribution is 2.24. The molecule has 1 aromatic heterocycles. The van der Waals surface area contributed by atoms with Gasteiger partial charge in [0, 0.05) is 12.7 Å². The number of ether oxygens (including phenoxy) is 2. The molecule has 0 aliphatic carbocycles. The van der Waals surface area contributed by atoms with Gasteiger partial charge in [0.15, 0.2) is 0 Å². The monoisotopic (exact) mass is 421 g/mol. The third-order valence-electron chi connectivity index (χ3n) is 4.38. The first-order chi connectivity index (χ1) is 14.7.